The first-order valence-electron chi connectivity index (χ1n) is 8.36. The number of rotatable bonds is 5. The molecule has 0 spiro atoms. The summed E-state index contributed by atoms with van der Waals surface area (Å²) in [6.45, 7) is 12.2. The van der Waals surface area contributed by atoms with Crippen LogP contribution >= 0.6 is 0 Å². The Morgan fingerprint density at radius 1 is 1.16 bits per heavy atom. The van der Waals surface area contributed by atoms with Gasteiger partial charge in [-0.25, -0.2) is 14.0 Å². The van der Waals surface area contributed by atoms with E-state index in [0.29, 0.717) is 0 Å². The van der Waals surface area contributed by atoms with Gasteiger partial charge in [0.2, 0.25) is 0 Å². The molecule has 25 heavy (non-hydrogen) atoms. The summed E-state index contributed by atoms with van der Waals surface area (Å²) in [6, 6.07) is 3.70. The maximum atomic E-state index is 13.2. The molecule has 0 radical (unpaired) electrons. The molecule has 0 fully saturated rings. The van der Waals surface area contributed by atoms with Crippen LogP contribution in [0, 0.1) is 12.7 Å². The molecule has 0 unspecified atom stereocenters. The molecule has 1 N–H and O–H groups in total. The Morgan fingerprint density at radius 2 is 1.76 bits per heavy atom. The summed E-state index contributed by atoms with van der Waals surface area (Å²) in [5.74, 6) is -0.962. The third-order valence-electron chi connectivity index (χ3n) is 3.82. The highest BCUT2D eigenvalue weighted by molar-refractivity contribution is 5.81. The lowest BCUT2D eigenvalue weighted by molar-refractivity contribution is -0.151. The molecule has 0 aliphatic carbocycles. The molecule has 0 aliphatic rings. The average Bonchev–Trinajstić information content (AvgIpc) is 2.44. The molecule has 1 rings (SSSR count). The summed E-state index contributed by atoms with van der Waals surface area (Å²) in [5, 5.41) is 2.45. The van der Waals surface area contributed by atoms with Crippen molar-refractivity contribution in [1.29, 1.82) is 0 Å². The van der Waals surface area contributed by atoms with Gasteiger partial charge in [0.05, 0.1) is 0 Å². The fourth-order valence-electron chi connectivity index (χ4n) is 2.33. The van der Waals surface area contributed by atoms with E-state index in [1.54, 1.807) is 33.8 Å². The number of ether oxygens (including phenoxy) is 2. The van der Waals surface area contributed by atoms with Crippen molar-refractivity contribution in [2.45, 2.75) is 72.1 Å². The van der Waals surface area contributed by atoms with Crippen molar-refractivity contribution in [3.05, 3.63) is 35.1 Å². The first-order chi connectivity index (χ1) is 11.4. The molecule has 1 aromatic carbocycles. The lowest BCUT2D eigenvalue weighted by Gasteiger charge is -2.25. The van der Waals surface area contributed by atoms with Crippen LogP contribution in [0.3, 0.4) is 0 Å². The second-order valence-corrected chi connectivity index (χ2v) is 7.30. The van der Waals surface area contributed by atoms with Crippen LogP contribution < -0.4 is 5.32 Å². The van der Waals surface area contributed by atoms with Gasteiger partial charge in [-0.2, -0.15) is 0 Å². The van der Waals surface area contributed by atoms with Crippen LogP contribution in [-0.2, 0) is 14.3 Å². The number of aryl methyl sites for hydroxylation is 1. The number of esters is 1. The smallest absolute Gasteiger partial charge is 0.408 e. The Labute approximate surface area is 148 Å². The molecule has 0 saturated heterocycles. The SMILES string of the molecule is Cc1cc(F)ccc1[C@@H](C)[C@H](C)OC(=O)[C@@H](C)NC(=O)OC(C)(C)C. The van der Waals surface area contributed by atoms with Gasteiger partial charge in [-0.05, 0) is 64.8 Å². The molecule has 5 nitrogen and oxygen atoms in total. The largest absolute Gasteiger partial charge is 0.461 e. The molecule has 0 saturated carbocycles. The molecule has 0 bridgehead atoms. The normalized spacial score (nSPS) is 15.0. The number of benzene rings is 1. The van der Waals surface area contributed by atoms with E-state index in [-0.39, 0.29) is 11.7 Å². The summed E-state index contributed by atoms with van der Waals surface area (Å²) in [4.78, 5) is 23.9. The molecule has 1 amide bonds. The highest BCUT2D eigenvalue weighted by atomic mass is 19.1. The van der Waals surface area contributed by atoms with E-state index in [9.17, 15) is 14.0 Å². The number of alkyl carbamates (subject to hydrolysis) is 1. The minimum absolute atomic E-state index is 0.113. The summed E-state index contributed by atoms with van der Waals surface area (Å²) in [5.41, 5.74) is 1.07. The van der Waals surface area contributed by atoms with Crippen molar-refractivity contribution in [2.75, 3.05) is 0 Å². The van der Waals surface area contributed by atoms with Crippen molar-refractivity contribution in [3.63, 3.8) is 0 Å². The molecule has 1 aromatic rings. The van der Waals surface area contributed by atoms with Crippen molar-refractivity contribution in [3.8, 4) is 0 Å². The van der Waals surface area contributed by atoms with Gasteiger partial charge in [0.25, 0.3) is 0 Å². The molecule has 3 atom stereocenters. The molecular weight excluding hydrogens is 325 g/mol. The van der Waals surface area contributed by atoms with E-state index in [0.717, 1.165) is 11.1 Å². The molecule has 6 heteroatoms. The third-order valence-corrected chi connectivity index (χ3v) is 3.82. The minimum atomic E-state index is -0.834. The third kappa shape index (κ3) is 6.72. The predicted molar refractivity (Wildman–Crippen MR) is 93.9 cm³/mol. The molecule has 0 aromatic heterocycles. The second kappa shape index (κ2) is 8.32. The Kier molecular flexibility index (Phi) is 6.96. The second-order valence-electron chi connectivity index (χ2n) is 7.30. The minimum Gasteiger partial charge on any atom is -0.461 e. The van der Waals surface area contributed by atoms with Crippen LogP contribution in [0.2, 0.25) is 0 Å². The van der Waals surface area contributed by atoms with Gasteiger partial charge in [0, 0.05) is 5.92 Å². The first-order valence-corrected chi connectivity index (χ1v) is 8.36. The van der Waals surface area contributed by atoms with E-state index in [2.05, 4.69) is 5.32 Å². The van der Waals surface area contributed by atoms with Gasteiger partial charge in [0.1, 0.15) is 23.6 Å². The van der Waals surface area contributed by atoms with Gasteiger partial charge in [0.15, 0.2) is 0 Å². The Bertz CT molecular complexity index is 624. The number of halogens is 1. The van der Waals surface area contributed by atoms with Crippen LogP contribution in [0.1, 0.15) is 58.6 Å². The number of carbonyl (C=O) groups excluding carboxylic acids is 2. The van der Waals surface area contributed by atoms with Crippen molar-refractivity contribution in [1.82, 2.24) is 5.32 Å². The fraction of sp³-hybridized carbons (Fsp3) is 0.579. The van der Waals surface area contributed by atoms with E-state index in [1.807, 2.05) is 13.8 Å². The number of hydrogen-bond donors (Lipinski definition) is 1. The highest BCUT2D eigenvalue weighted by Crippen LogP contribution is 2.25. The maximum absolute atomic E-state index is 13.2. The van der Waals surface area contributed by atoms with Crippen molar-refractivity contribution < 1.29 is 23.5 Å². The van der Waals surface area contributed by atoms with Crippen LogP contribution in [0.5, 0.6) is 0 Å². The average molecular weight is 353 g/mol. The summed E-state index contributed by atoms with van der Waals surface area (Å²) in [6.07, 6.45) is -1.11. The van der Waals surface area contributed by atoms with E-state index in [4.69, 9.17) is 9.47 Å². The molecule has 0 heterocycles. The Balaban J connectivity index is 2.64. The fourth-order valence-corrected chi connectivity index (χ4v) is 2.33. The number of amides is 1. The van der Waals surface area contributed by atoms with Gasteiger partial charge in [-0.3, -0.25) is 0 Å². The zero-order chi connectivity index (χ0) is 19.4. The number of hydrogen-bond acceptors (Lipinski definition) is 4. The van der Waals surface area contributed by atoms with Gasteiger partial charge in [-0.1, -0.05) is 13.0 Å². The summed E-state index contributed by atoms with van der Waals surface area (Å²) in [7, 11) is 0. The van der Waals surface area contributed by atoms with Crippen LogP contribution in [0.15, 0.2) is 18.2 Å². The summed E-state index contributed by atoms with van der Waals surface area (Å²) >= 11 is 0. The summed E-state index contributed by atoms with van der Waals surface area (Å²) < 4.78 is 23.8. The Hall–Kier alpha value is -2.11. The van der Waals surface area contributed by atoms with E-state index < -0.39 is 29.8 Å². The van der Waals surface area contributed by atoms with E-state index in [1.165, 1.54) is 19.1 Å². The Morgan fingerprint density at radius 3 is 2.28 bits per heavy atom. The maximum Gasteiger partial charge on any atom is 0.408 e. The predicted octanol–water partition coefficient (Wildman–Crippen LogP) is 4.08. The van der Waals surface area contributed by atoms with Gasteiger partial charge >= 0.3 is 12.1 Å². The topological polar surface area (TPSA) is 64.6 Å². The lowest BCUT2D eigenvalue weighted by atomic mass is 9.92. The zero-order valence-corrected chi connectivity index (χ0v) is 16.0. The van der Waals surface area contributed by atoms with Crippen LogP contribution in [-0.4, -0.2) is 29.8 Å². The van der Waals surface area contributed by atoms with Crippen molar-refractivity contribution in [2.24, 2.45) is 0 Å². The highest BCUT2D eigenvalue weighted by Gasteiger charge is 2.25. The van der Waals surface area contributed by atoms with Crippen LogP contribution in [0.25, 0.3) is 0 Å². The standard InChI is InChI=1S/C19H28FNO4/c1-11-10-15(20)8-9-16(11)12(2)14(4)24-17(22)13(3)21-18(23)25-19(5,6)7/h8-10,12-14H,1-7H3,(H,21,23)/t12-,13+,14-/m0/s1. The lowest BCUT2D eigenvalue weighted by Crippen LogP contribution is -2.43. The quantitative estimate of drug-likeness (QED) is 0.810. The van der Waals surface area contributed by atoms with Gasteiger partial charge in [-0.15, -0.1) is 0 Å². The van der Waals surface area contributed by atoms with Crippen LogP contribution in [0.4, 0.5) is 9.18 Å². The molecule has 140 valence electrons. The molecule has 0 aliphatic heterocycles. The number of carbonyl (C=O) groups is 2. The first kappa shape index (κ1) is 20.9. The monoisotopic (exact) mass is 353 g/mol. The van der Waals surface area contributed by atoms with E-state index >= 15 is 0 Å². The van der Waals surface area contributed by atoms with Gasteiger partial charge < -0.3 is 14.8 Å². The number of nitrogens with one attached hydrogen (secondary N) is 1. The zero-order valence-electron chi connectivity index (χ0n) is 16.0. The van der Waals surface area contributed by atoms with Crippen molar-refractivity contribution >= 4 is 12.1 Å². The molecular formula is C19H28FNO4.